The summed E-state index contributed by atoms with van der Waals surface area (Å²) in [5.41, 5.74) is 0.411. The molecule has 2 N–H and O–H groups in total. The zero-order valence-electron chi connectivity index (χ0n) is 10.1. The van der Waals surface area contributed by atoms with Crippen molar-refractivity contribution in [2.45, 2.75) is 31.8 Å². The van der Waals surface area contributed by atoms with Gasteiger partial charge < -0.3 is 10.4 Å². The minimum atomic E-state index is -0.206. The number of halogens is 1. The molecule has 0 spiro atoms. The summed E-state index contributed by atoms with van der Waals surface area (Å²) >= 11 is 3.31. The van der Waals surface area contributed by atoms with Crippen molar-refractivity contribution in [3.63, 3.8) is 0 Å². The van der Waals surface area contributed by atoms with E-state index in [1.54, 1.807) is 18.3 Å². The monoisotopic (exact) mass is 312 g/mol. The summed E-state index contributed by atoms with van der Waals surface area (Å²) in [6.45, 7) is 0.610. The molecule has 0 bridgehead atoms. The number of nitrogens with one attached hydrogen (secondary N) is 1. The molecule has 0 aromatic carbocycles. The lowest BCUT2D eigenvalue weighted by atomic mass is 9.87. The molecule has 1 fully saturated rings. The molecule has 0 aliphatic heterocycles. The van der Waals surface area contributed by atoms with Gasteiger partial charge in [0.15, 0.2) is 0 Å². The Balaban J connectivity index is 1.87. The summed E-state index contributed by atoms with van der Waals surface area (Å²) in [4.78, 5) is 16.0. The maximum atomic E-state index is 11.9. The van der Waals surface area contributed by atoms with E-state index in [1.807, 2.05) is 0 Å². The van der Waals surface area contributed by atoms with E-state index in [1.165, 1.54) is 0 Å². The van der Waals surface area contributed by atoms with Crippen molar-refractivity contribution in [1.29, 1.82) is 0 Å². The van der Waals surface area contributed by atoms with Gasteiger partial charge in [0.05, 0.1) is 6.10 Å². The SMILES string of the molecule is O=C(NCC1CCCC(O)C1)c1ncccc1Br. The molecule has 1 aromatic rings. The largest absolute Gasteiger partial charge is 0.393 e. The molecule has 1 aromatic heterocycles. The molecule has 1 aliphatic carbocycles. The summed E-state index contributed by atoms with van der Waals surface area (Å²) in [6.07, 6.45) is 5.17. The minimum absolute atomic E-state index is 0.164. The molecule has 4 nitrogen and oxygen atoms in total. The molecule has 1 saturated carbocycles. The number of nitrogens with zero attached hydrogens (tertiary/aromatic N) is 1. The van der Waals surface area contributed by atoms with E-state index < -0.39 is 0 Å². The Morgan fingerprint density at radius 3 is 3.11 bits per heavy atom. The first-order chi connectivity index (χ1) is 8.66. The zero-order valence-corrected chi connectivity index (χ0v) is 11.7. The number of aromatic nitrogens is 1. The standard InChI is InChI=1S/C13H17BrN2O2/c14-11-5-2-6-15-12(11)13(18)16-8-9-3-1-4-10(17)7-9/h2,5-6,9-10,17H,1,3-4,7-8H2,(H,16,18). The fourth-order valence-corrected chi connectivity index (χ4v) is 2.76. The summed E-state index contributed by atoms with van der Waals surface area (Å²) in [5, 5.41) is 12.5. The van der Waals surface area contributed by atoms with Crippen LogP contribution < -0.4 is 5.32 Å². The number of aliphatic hydroxyl groups excluding tert-OH is 1. The maximum Gasteiger partial charge on any atom is 0.271 e. The number of pyridine rings is 1. The van der Waals surface area contributed by atoms with Crippen LogP contribution in [-0.4, -0.2) is 28.6 Å². The number of carbonyl (C=O) groups excluding carboxylic acids is 1. The molecular weight excluding hydrogens is 296 g/mol. The highest BCUT2D eigenvalue weighted by Gasteiger charge is 2.21. The Kier molecular flexibility index (Phi) is 4.72. The number of aliphatic hydroxyl groups is 1. The topological polar surface area (TPSA) is 62.2 Å². The van der Waals surface area contributed by atoms with Crippen molar-refractivity contribution in [3.8, 4) is 0 Å². The second-order valence-electron chi connectivity index (χ2n) is 4.73. The van der Waals surface area contributed by atoms with Crippen LogP contribution in [-0.2, 0) is 0 Å². The summed E-state index contributed by atoms with van der Waals surface area (Å²) < 4.78 is 0.700. The van der Waals surface area contributed by atoms with Gasteiger partial charge >= 0.3 is 0 Å². The Morgan fingerprint density at radius 1 is 1.56 bits per heavy atom. The van der Waals surface area contributed by atoms with Gasteiger partial charge in [-0.15, -0.1) is 0 Å². The molecule has 0 radical (unpaired) electrons. The second-order valence-corrected chi connectivity index (χ2v) is 5.58. The van der Waals surface area contributed by atoms with Crippen LogP contribution in [0.15, 0.2) is 22.8 Å². The van der Waals surface area contributed by atoms with E-state index in [9.17, 15) is 9.90 Å². The normalized spacial score (nSPS) is 23.7. The Labute approximate surface area is 115 Å². The second kappa shape index (κ2) is 6.29. The average Bonchev–Trinajstić information content (AvgIpc) is 2.37. The molecule has 0 saturated heterocycles. The van der Waals surface area contributed by atoms with Gasteiger partial charge in [-0.05, 0) is 53.2 Å². The predicted octanol–water partition coefficient (Wildman–Crippen LogP) is 2.12. The van der Waals surface area contributed by atoms with Crippen LogP contribution in [0.5, 0.6) is 0 Å². The number of rotatable bonds is 3. The first kappa shape index (κ1) is 13.5. The zero-order chi connectivity index (χ0) is 13.0. The van der Waals surface area contributed by atoms with Crippen LogP contribution in [0.1, 0.15) is 36.2 Å². The van der Waals surface area contributed by atoms with Crippen molar-refractivity contribution < 1.29 is 9.90 Å². The molecule has 1 heterocycles. The van der Waals surface area contributed by atoms with Crippen molar-refractivity contribution in [2.75, 3.05) is 6.54 Å². The molecule has 18 heavy (non-hydrogen) atoms. The van der Waals surface area contributed by atoms with Gasteiger partial charge in [-0.3, -0.25) is 4.79 Å². The van der Waals surface area contributed by atoms with E-state index in [0.717, 1.165) is 25.7 Å². The van der Waals surface area contributed by atoms with Crippen molar-refractivity contribution in [1.82, 2.24) is 10.3 Å². The van der Waals surface area contributed by atoms with Crippen molar-refractivity contribution in [2.24, 2.45) is 5.92 Å². The van der Waals surface area contributed by atoms with Gasteiger partial charge in [-0.1, -0.05) is 6.42 Å². The fraction of sp³-hybridized carbons (Fsp3) is 0.538. The first-order valence-electron chi connectivity index (χ1n) is 6.23. The van der Waals surface area contributed by atoms with Crippen molar-refractivity contribution >= 4 is 21.8 Å². The number of hydrogen-bond donors (Lipinski definition) is 2. The lowest BCUT2D eigenvalue weighted by molar-refractivity contribution is 0.0869. The van der Waals surface area contributed by atoms with Gasteiger partial charge in [0, 0.05) is 17.2 Å². The van der Waals surface area contributed by atoms with Crippen LogP contribution in [0.4, 0.5) is 0 Å². The maximum absolute atomic E-state index is 11.9. The third-order valence-corrected chi connectivity index (χ3v) is 3.92. The van der Waals surface area contributed by atoms with Gasteiger partial charge in [0.1, 0.15) is 5.69 Å². The molecule has 2 unspecified atom stereocenters. The van der Waals surface area contributed by atoms with Gasteiger partial charge in [-0.2, -0.15) is 0 Å². The van der Waals surface area contributed by atoms with Crippen LogP contribution in [0, 0.1) is 5.92 Å². The fourth-order valence-electron chi connectivity index (χ4n) is 2.32. The summed E-state index contributed by atoms with van der Waals surface area (Å²) in [5.74, 6) is 0.211. The average molecular weight is 313 g/mol. The number of amides is 1. The third kappa shape index (κ3) is 3.53. The van der Waals surface area contributed by atoms with Crippen LogP contribution in [0.25, 0.3) is 0 Å². The molecule has 1 aliphatic rings. The molecule has 2 atom stereocenters. The van der Waals surface area contributed by atoms with E-state index in [0.29, 0.717) is 22.6 Å². The Morgan fingerprint density at radius 2 is 2.39 bits per heavy atom. The Bertz CT molecular complexity index is 425. The van der Waals surface area contributed by atoms with Crippen LogP contribution in [0.2, 0.25) is 0 Å². The summed E-state index contributed by atoms with van der Waals surface area (Å²) in [6, 6.07) is 3.57. The quantitative estimate of drug-likeness (QED) is 0.898. The molecular formula is C13H17BrN2O2. The van der Waals surface area contributed by atoms with Crippen LogP contribution in [0.3, 0.4) is 0 Å². The summed E-state index contributed by atoms with van der Waals surface area (Å²) in [7, 11) is 0. The first-order valence-corrected chi connectivity index (χ1v) is 7.03. The lowest BCUT2D eigenvalue weighted by Crippen LogP contribution is -2.33. The van der Waals surface area contributed by atoms with E-state index >= 15 is 0 Å². The van der Waals surface area contributed by atoms with E-state index in [2.05, 4.69) is 26.2 Å². The predicted molar refractivity (Wildman–Crippen MR) is 72.2 cm³/mol. The van der Waals surface area contributed by atoms with Crippen LogP contribution >= 0.6 is 15.9 Å². The number of carbonyl (C=O) groups is 1. The molecule has 5 heteroatoms. The highest BCUT2D eigenvalue weighted by atomic mass is 79.9. The number of hydrogen-bond acceptors (Lipinski definition) is 3. The lowest BCUT2D eigenvalue weighted by Gasteiger charge is -2.25. The van der Waals surface area contributed by atoms with E-state index in [4.69, 9.17) is 0 Å². The molecule has 1 amide bonds. The van der Waals surface area contributed by atoms with Gasteiger partial charge in [-0.25, -0.2) is 4.98 Å². The van der Waals surface area contributed by atoms with E-state index in [-0.39, 0.29) is 12.0 Å². The third-order valence-electron chi connectivity index (χ3n) is 3.28. The Hall–Kier alpha value is -0.940. The van der Waals surface area contributed by atoms with Gasteiger partial charge in [0.2, 0.25) is 0 Å². The minimum Gasteiger partial charge on any atom is -0.393 e. The molecule has 98 valence electrons. The highest BCUT2D eigenvalue weighted by molar-refractivity contribution is 9.10. The highest BCUT2D eigenvalue weighted by Crippen LogP contribution is 2.23. The molecule has 2 rings (SSSR count). The smallest absolute Gasteiger partial charge is 0.271 e. The van der Waals surface area contributed by atoms with Crippen molar-refractivity contribution in [3.05, 3.63) is 28.5 Å². The van der Waals surface area contributed by atoms with Gasteiger partial charge in [0.25, 0.3) is 5.91 Å².